The lowest BCUT2D eigenvalue weighted by Crippen LogP contribution is -2.48. The number of hydrogen-bond donors (Lipinski definition) is 0. The van der Waals surface area contributed by atoms with Crippen molar-refractivity contribution in [3.05, 3.63) is 151 Å². The summed E-state index contributed by atoms with van der Waals surface area (Å²) in [6.45, 7) is 2.12. The first kappa shape index (κ1) is 31.6. The van der Waals surface area contributed by atoms with E-state index in [4.69, 9.17) is 19.4 Å². The van der Waals surface area contributed by atoms with Gasteiger partial charge in [-0.15, -0.1) is 0 Å². The molecule has 0 atom stereocenters. The Bertz CT molecular complexity index is 2640. The van der Waals surface area contributed by atoms with Gasteiger partial charge in [0.05, 0.1) is 0 Å². The molecule has 4 aliphatic rings. The highest BCUT2D eigenvalue weighted by Gasteiger charge is 2.51. The van der Waals surface area contributed by atoms with Crippen LogP contribution < -0.4 is 0 Å². The third-order valence-electron chi connectivity index (χ3n) is 12.8. The summed E-state index contributed by atoms with van der Waals surface area (Å²) in [7, 11) is 0. The fourth-order valence-corrected chi connectivity index (χ4v) is 10.5. The second kappa shape index (κ2) is 12.3. The van der Waals surface area contributed by atoms with Gasteiger partial charge < -0.3 is 4.42 Å². The molecular formula is C50H41N3O. The standard InChI is InChI=1S/C50H41N3O/c1-31-11-13-35(14-12-31)36-15-17-39(18-16-36)48-51-47(38-7-3-2-4-8-38)52-49(53-48)40-26-43(46-44(27-40)42-9-5-6-10-45(42)54-46)37-19-21-41(22-20-37)50-28-32-23-33(29-50)25-34(24-32)30-50/h2-22,26-27,32-34H,23-25,28-30H2,1H3. The van der Waals surface area contributed by atoms with Crippen molar-refractivity contribution in [2.24, 2.45) is 17.8 Å². The van der Waals surface area contributed by atoms with Gasteiger partial charge in [-0.25, -0.2) is 15.0 Å². The molecule has 54 heavy (non-hydrogen) atoms. The molecule has 12 rings (SSSR count). The highest BCUT2D eigenvalue weighted by molar-refractivity contribution is 6.11. The average Bonchev–Trinajstić information content (AvgIpc) is 3.59. The largest absolute Gasteiger partial charge is 0.455 e. The van der Waals surface area contributed by atoms with Crippen LogP contribution in [0.5, 0.6) is 0 Å². The van der Waals surface area contributed by atoms with Crippen molar-refractivity contribution in [2.45, 2.75) is 50.9 Å². The maximum Gasteiger partial charge on any atom is 0.164 e. The summed E-state index contributed by atoms with van der Waals surface area (Å²) in [5.41, 5.74) is 12.3. The molecule has 0 spiro atoms. The Morgan fingerprint density at radius 3 is 1.65 bits per heavy atom. The van der Waals surface area contributed by atoms with Crippen LogP contribution in [0.1, 0.15) is 49.7 Å². The molecule has 0 unspecified atom stereocenters. The van der Waals surface area contributed by atoms with Crippen LogP contribution in [-0.2, 0) is 5.41 Å². The number of hydrogen-bond acceptors (Lipinski definition) is 4. The summed E-state index contributed by atoms with van der Waals surface area (Å²) in [4.78, 5) is 15.4. The van der Waals surface area contributed by atoms with Crippen LogP contribution in [0.2, 0.25) is 0 Å². The summed E-state index contributed by atoms with van der Waals surface area (Å²) in [6, 6.07) is 49.7. The zero-order chi connectivity index (χ0) is 35.8. The van der Waals surface area contributed by atoms with E-state index < -0.39 is 0 Å². The minimum atomic E-state index is 0.358. The topological polar surface area (TPSA) is 51.8 Å². The molecule has 4 heteroatoms. The Morgan fingerprint density at radius 2 is 1.00 bits per heavy atom. The lowest BCUT2D eigenvalue weighted by molar-refractivity contribution is -0.00518. The van der Waals surface area contributed by atoms with Gasteiger partial charge in [-0.3, -0.25) is 0 Å². The van der Waals surface area contributed by atoms with Crippen LogP contribution in [0.15, 0.2) is 144 Å². The van der Waals surface area contributed by atoms with Gasteiger partial charge >= 0.3 is 0 Å². The average molecular weight is 700 g/mol. The van der Waals surface area contributed by atoms with Crippen molar-refractivity contribution in [3.63, 3.8) is 0 Å². The SMILES string of the molecule is Cc1ccc(-c2ccc(-c3nc(-c4ccccc4)nc(-c4cc(-c5ccc(C67CC8CC(CC(C8)C6)C7)cc5)c5oc6ccccc6c5c4)n3)cc2)cc1. The minimum absolute atomic E-state index is 0.358. The summed E-state index contributed by atoms with van der Waals surface area (Å²) < 4.78 is 6.65. The van der Waals surface area contributed by atoms with E-state index in [1.807, 2.05) is 24.3 Å². The predicted molar refractivity (Wildman–Crippen MR) is 219 cm³/mol. The summed E-state index contributed by atoms with van der Waals surface area (Å²) >= 11 is 0. The van der Waals surface area contributed by atoms with Gasteiger partial charge in [-0.1, -0.05) is 127 Å². The first-order valence-corrected chi connectivity index (χ1v) is 19.6. The van der Waals surface area contributed by atoms with Crippen LogP contribution >= 0.6 is 0 Å². The summed E-state index contributed by atoms with van der Waals surface area (Å²) in [6.07, 6.45) is 8.46. The molecule has 4 saturated carbocycles. The Labute approximate surface area is 316 Å². The Kier molecular flexibility index (Phi) is 7.23. The molecule has 262 valence electrons. The highest BCUT2D eigenvalue weighted by atomic mass is 16.3. The van der Waals surface area contributed by atoms with Gasteiger partial charge in [0.1, 0.15) is 11.2 Å². The molecule has 4 nitrogen and oxygen atoms in total. The van der Waals surface area contributed by atoms with Gasteiger partial charge in [0.2, 0.25) is 0 Å². The van der Waals surface area contributed by atoms with Crippen LogP contribution in [0, 0.1) is 24.7 Å². The van der Waals surface area contributed by atoms with Crippen molar-refractivity contribution in [2.75, 3.05) is 0 Å². The maximum atomic E-state index is 6.65. The van der Waals surface area contributed by atoms with Crippen molar-refractivity contribution in [3.8, 4) is 56.4 Å². The van der Waals surface area contributed by atoms with Crippen molar-refractivity contribution >= 4 is 21.9 Å². The van der Waals surface area contributed by atoms with Crippen molar-refractivity contribution in [1.82, 2.24) is 15.0 Å². The third-order valence-corrected chi connectivity index (χ3v) is 12.8. The number of aryl methyl sites for hydroxylation is 1. The second-order valence-electron chi connectivity index (χ2n) is 16.4. The maximum absolute atomic E-state index is 6.65. The molecule has 4 fully saturated rings. The van der Waals surface area contributed by atoms with E-state index in [2.05, 4.69) is 122 Å². The number of aromatic nitrogens is 3. The fraction of sp³-hybridized carbons (Fsp3) is 0.220. The molecule has 0 N–H and O–H groups in total. The Balaban J connectivity index is 1.05. The number of nitrogens with zero attached hydrogens (tertiary/aromatic N) is 3. The smallest absolute Gasteiger partial charge is 0.164 e. The van der Waals surface area contributed by atoms with E-state index in [0.717, 1.165) is 73.1 Å². The quantitative estimate of drug-likeness (QED) is 0.173. The van der Waals surface area contributed by atoms with E-state index >= 15 is 0 Å². The molecule has 0 saturated heterocycles. The monoisotopic (exact) mass is 699 g/mol. The Hall–Kier alpha value is -5.87. The molecule has 6 aromatic carbocycles. The Morgan fingerprint density at radius 1 is 0.481 bits per heavy atom. The lowest BCUT2D eigenvalue weighted by atomic mass is 9.48. The van der Waals surface area contributed by atoms with Gasteiger partial charge in [0, 0.05) is 33.0 Å². The second-order valence-corrected chi connectivity index (χ2v) is 16.4. The van der Waals surface area contributed by atoms with Crippen LogP contribution in [0.25, 0.3) is 78.4 Å². The predicted octanol–water partition coefficient (Wildman–Crippen LogP) is 12.9. The molecule has 8 aromatic rings. The molecule has 4 bridgehead atoms. The van der Waals surface area contributed by atoms with Crippen LogP contribution in [-0.4, -0.2) is 15.0 Å². The normalized spacial score (nSPS) is 21.6. The first-order chi connectivity index (χ1) is 26.5. The molecule has 0 amide bonds. The lowest BCUT2D eigenvalue weighted by Gasteiger charge is -2.57. The third kappa shape index (κ3) is 5.38. The summed E-state index contributed by atoms with van der Waals surface area (Å²) in [5.74, 6) is 4.68. The van der Waals surface area contributed by atoms with E-state index in [0.29, 0.717) is 22.9 Å². The van der Waals surface area contributed by atoms with E-state index in [9.17, 15) is 0 Å². The molecule has 0 radical (unpaired) electrons. The van der Waals surface area contributed by atoms with Crippen LogP contribution in [0.3, 0.4) is 0 Å². The zero-order valence-corrected chi connectivity index (χ0v) is 30.5. The first-order valence-electron chi connectivity index (χ1n) is 19.6. The highest BCUT2D eigenvalue weighted by Crippen LogP contribution is 2.60. The molecular weight excluding hydrogens is 659 g/mol. The fourth-order valence-electron chi connectivity index (χ4n) is 10.5. The van der Waals surface area contributed by atoms with Gasteiger partial charge in [-0.2, -0.15) is 0 Å². The minimum Gasteiger partial charge on any atom is -0.455 e. The molecule has 4 aliphatic carbocycles. The number of fused-ring (bicyclic) bond motifs is 3. The van der Waals surface area contributed by atoms with Gasteiger partial charge in [0.25, 0.3) is 0 Å². The van der Waals surface area contributed by atoms with E-state index in [-0.39, 0.29) is 0 Å². The van der Waals surface area contributed by atoms with Gasteiger partial charge in [-0.05, 0) is 109 Å². The molecule has 0 aliphatic heterocycles. The van der Waals surface area contributed by atoms with E-state index in [1.165, 1.54) is 55.2 Å². The zero-order valence-electron chi connectivity index (χ0n) is 30.5. The number of rotatable bonds is 6. The number of benzene rings is 6. The van der Waals surface area contributed by atoms with E-state index in [1.54, 1.807) is 0 Å². The van der Waals surface area contributed by atoms with Crippen molar-refractivity contribution < 1.29 is 4.42 Å². The van der Waals surface area contributed by atoms with Gasteiger partial charge in [0.15, 0.2) is 17.5 Å². The van der Waals surface area contributed by atoms with Crippen LogP contribution in [0.4, 0.5) is 0 Å². The number of furan rings is 1. The number of para-hydroxylation sites is 1. The summed E-state index contributed by atoms with van der Waals surface area (Å²) in [5, 5.41) is 2.15. The molecule has 2 heterocycles. The van der Waals surface area contributed by atoms with Crippen molar-refractivity contribution in [1.29, 1.82) is 0 Å². The molecule has 2 aromatic heterocycles.